The number of hydrogen-bond donors (Lipinski definition) is 1. The van der Waals surface area contributed by atoms with Crippen LogP contribution >= 0.6 is 12.1 Å². The fourth-order valence-electron chi connectivity index (χ4n) is 12.3. The molecule has 5 atom stereocenters. The minimum atomic E-state index is -1.03. The van der Waals surface area contributed by atoms with Gasteiger partial charge < -0.3 is 5.11 Å². The standard InChI is InChI=1S/C17H24O2.B31S/c1-13-6-15(3)10-16(4)7-14(2,9-17(15,16)8-13)12(19)11(13)5-18;1-16-25(18(2)3)30(27(19(4)5)20(6)7)26(17-32)31(28(21(8)9)22(10)11)29(23(12)13)24(14)15/h5,18H,6-10H2,1-4H3;/b11-5-;. The van der Waals surface area contributed by atoms with E-state index in [0.717, 1.165) is 31.9 Å². The maximum absolute atomic E-state index is 12.9. The summed E-state index contributed by atoms with van der Waals surface area (Å²) < 4.78 is 0. The van der Waals surface area contributed by atoms with Gasteiger partial charge in [-0.1, -0.05) is 27.7 Å². The van der Waals surface area contributed by atoms with Crippen molar-refractivity contribution in [2.45, 2.75) is 59.8 Å². The fraction of sp³-hybridized carbons (Fsp3) is 0.824. The molecule has 4 aliphatic rings. The average Bonchev–Trinajstić information content (AvgIpc) is 3.24. The second-order valence-electron chi connectivity index (χ2n) is 17.5. The van der Waals surface area contributed by atoms with Crippen molar-refractivity contribution in [2.75, 3.05) is 0 Å². The Morgan fingerprint density at radius 1 is 0.569 bits per heavy atom. The van der Waals surface area contributed by atoms with Gasteiger partial charge in [0.15, 0.2) is 5.78 Å². The van der Waals surface area contributed by atoms with E-state index < -0.39 is 89.4 Å². The second-order valence-corrected chi connectivity index (χ2v) is 17.8. The molecule has 34 heteroatoms. The van der Waals surface area contributed by atoms with Crippen LogP contribution in [-0.4, -0.2) is 229 Å². The van der Waals surface area contributed by atoms with E-state index in [2.05, 4.69) is 27.7 Å². The molecule has 51 heavy (non-hydrogen) atoms. The van der Waals surface area contributed by atoms with Crippen LogP contribution in [0.1, 0.15) is 59.8 Å². The number of fused-ring (bicyclic) bond motifs is 2. The average molecular weight is 628 g/mol. The predicted molar refractivity (Wildman–Crippen MR) is 260 cm³/mol. The first kappa shape index (κ1) is 46.8. The van der Waals surface area contributed by atoms with Gasteiger partial charge in [0, 0.05) is 16.4 Å². The monoisotopic (exact) mass is 633 g/mol. The molecule has 0 aromatic carbocycles. The molecule has 4 aliphatic carbocycles. The normalized spacial score (nSPS) is 29.7. The number of hydrogen-bond acceptors (Lipinski definition) is 3. The molecule has 4 saturated carbocycles. The van der Waals surface area contributed by atoms with Crippen LogP contribution in [0.25, 0.3) is 0 Å². The summed E-state index contributed by atoms with van der Waals surface area (Å²) in [5.74, 6) is 0.229. The Hall–Kier alpha value is 1.44. The molecule has 0 heterocycles. The summed E-state index contributed by atoms with van der Waals surface area (Å²) in [6, 6.07) is 1.42. The van der Waals surface area contributed by atoms with Crippen LogP contribution in [0.2, 0.25) is 0 Å². The SMILES string of the molecule is CC12CC3(C)CC4(C)CC(C)(CC34C1)/C(=C\O)C2=O.[B][B]B(B([B])[B])B(B(B=S)B(B(B([B])[B])B([B])[B])B(B([B])[B])B([B])[B])B(B([B])[B])B([B])[B]. The van der Waals surface area contributed by atoms with Gasteiger partial charge in [0.1, 0.15) is 0 Å². The molecule has 2 nitrogen and oxygen atoms in total. The molecule has 0 aromatic rings. The van der Waals surface area contributed by atoms with Crippen molar-refractivity contribution in [1.82, 2.24) is 0 Å². The fourth-order valence-corrected chi connectivity index (χ4v) is 12.7. The maximum atomic E-state index is 12.9. The minimum absolute atomic E-state index is 0.101. The molecule has 1 spiro atoms. The number of aliphatic hydroxyl groups excluding tert-OH is 1. The molecule has 1 N–H and O–H groups in total. The molecule has 0 saturated heterocycles. The van der Waals surface area contributed by atoms with Crippen molar-refractivity contribution >= 4 is 236 Å². The van der Waals surface area contributed by atoms with Crippen LogP contribution in [-0.2, 0) is 4.79 Å². The number of ketones is 1. The summed E-state index contributed by atoms with van der Waals surface area (Å²) in [7, 11) is 91.9. The molecule has 31 radical (unpaired) electrons. The number of allylic oxidation sites excluding steroid dienone is 1. The topological polar surface area (TPSA) is 37.3 Å². The third kappa shape index (κ3) is 8.25. The third-order valence-corrected chi connectivity index (χ3v) is 14.1. The summed E-state index contributed by atoms with van der Waals surface area (Å²) in [5.41, 5.74) is 1.44. The van der Waals surface area contributed by atoms with Crippen LogP contribution in [0, 0.1) is 27.1 Å². The van der Waals surface area contributed by atoms with Crippen molar-refractivity contribution in [2.24, 2.45) is 27.1 Å². The quantitative estimate of drug-likeness (QED) is 0.112. The first-order valence-electron chi connectivity index (χ1n) is 17.8. The van der Waals surface area contributed by atoms with E-state index in [9.17, 15) is 9.90 Å². The summed E-state index contributed by atoms with van der Waals surface area (Å²) in [6.07, 6.45) is -5.81. The van der Waals surface area contributed by atoms with E-state index >= 15 is 0 Å². The van der Waals surface area contributed by atoms with Gasteiger partial charge in [0.25, 0.3) is 0 Å². The van der Waals surface area contributed by atoms with Gasteiger partial charge in [0.2, 0.25) is 0 Å². The van der Waals surface area contributed by atoms with Crippen LogP contribution in [0.4, 0.5) is 0 Å². The van der Waals surface area contributed by atoms with E-state index in [1.165, 1.54) is 19.5 Å². The van der Waals surface area contributed by atoms with Gasteiger partial charge >= 0.3 is 231 Å². The van der Waals surface area contributed by atoms with E-state index in [0.29, 0.717) is 21.8 Å². The van der Waals surface area contributed by atoms with Gasteiger partial charge in [-0.25, -0.2) is 0 Å². The van der Waals surface area contributed by atoms with Crippen molar-refractivity contribution in [1.29, 1.82) is 0 Å². The van der Waals surface area contributed by atoms with Gasteiger partial charge in [-0.15, -0.1) is 0 Å². The molecule has 0 aliphatic heterocycles. The number of carbonyl (C=O) groups is 1. The van der Waals surface area contributed by atoms with Crippen molar-refractivity contribution in [3.8, 4) is 0 Å². The Bertz CT molecular complexity index is 1240. The molecular weight excluding hydrogens is 603 g/mol. The molecule has 203 valence electrons. The van der Waals surface area contributed by atoms with Crippen molar-refractivity contribution in [3.05, 3.63) is 11.8 Å². The number of carbonyl (C=O) groups excluding carboxylic acids is 1. The molecule has 5 unspecified atom stereocenters. The molecular formula is C17H24B31O2S. The summed E-state index contributed by atoms with van der Waals surface area (Å²) in [5, 5.41) is 9.68. The Morgan fingerprint density at radius 3 is 1.27 bits per heavy atom. The predicted octanol–water partition coefficient (Wildman–Crippen LogP) is -7.14. The number of Topliss-reactive ketones (excluding diaryl/α,β-unsaturated/α-hetero) is 1. The van der Waals surface area contributed by atoms with E-state index in [1.54, 1.807) is 0 Å². The molecule has 0 aromatic heterocycles. The van der Waals surface area contributed by atoms with E-state index in [4.69, 9.17) is 128 Å². The second kappa shape index (κ2) is 17.1. The van der Waals surface area contributed by atoms with Gasteiger partial charge in [0.05, 0.1) is 6.26 Å². The van der Waals surface area contributed by atoms with Crippen LogP contribution in [0.15, 0.2) is 11.8 Å². The summed E-state index contributed by atoms with van der Waals surface area (Å²) >= 11 is 5.41. The third-order valence-electron chi connectivity index (χ3n) is 13.8. The molecule has 3 bridgehead atoms. The Kier molecular flexibility index (Phi) is 15.7. The zero-order valence-electron chi connectivity index (χ0n) is 30.8. The Balaban J connectivity index is 0.000000307. The molecule has 4 fully saturated rings. The van der Waals surface area contributed by atoms with Gasteiger partial charge in [-0.05, 0) is 48.3 Å². The zero-order valence-corrected chi connectivity index (χ0v) is 31.6. The van der Waals surface area contributed by atoms with Crippen molar-refractivity contribution in [3.63, 3.8) is 0 Å². The first-order chi connectivity index (χ1) is 23.3. The molecule has 0 amide bonds. The van der Waals surface area contributed by atoms with E-state index in [1.807, 2.05) is 0 Å². The Labute approximate surface area is 342 Å². The zero-order chi connectivity index (χ0) is 39.4. The van der Waals surface area contributed by atoms with Crippen LogP contribution in [0.5, 0.6) is 0 Å². The van der Waals surface area contributed by atoms with Gasteiger partial charge in [-0.2, -0.15) is 0 Å². The van der Waals surface area contributed by atoms with E-state index in [-0.39, 0.29) is 16.6 Å². The van der Waals surface area contributed by atoms with Crippen LogP contribution in [0.3, 0.4) is 0 Å². The van der Waals surface area contributed by atoms with Gasteiger partial charge in [-0.3, -0.25) is 4.79 Å². The Morgan fingerprint density at radius 2 is 0.941 bits per heavy atom. The summed E-state index contributed by atoms with van der Waals surface area (Å²) in [6.45, 7) is 9.18. The number of aliphatic hydroxyl groups is 1. The molecule has 4 rings (SSSR count). The van der Waals surface area contributed by atoms with Crippen LogP contribution < -0.4 is 0 Å². The first-order valence-corrected chi connectivity index (χ1v) is 18.2. The summed E-state index contributed by atoms with van der Waals surface area (Å²) in [4.78, 5) is 12.9. The number of rotatable bonds is 15. The van der Waals surface area contributed by atoms with Crippen molar-refractivity contribution < 1.29 is 9.90 Å².